The molecule has 0 heterocycles. The second kappa shape index (κ2) is 19.3. The van der Waals surface area contributed by atoms with E-state index in [1.807, 2.05) is 109 Å². The fourth-order valence-electron chi connectivity index (χ4n) is 6.97. The highest BCUT2D eigenvalue weighted by molar-refractivity contribution is 5.91. The zero-order chi connectivity index (χ0) is 35.8. The highest BCUT2D eigenvalue weighted by atomic mass is 16.1. The maximum atomic E-state index is 14.6. The van der Waals surface area contributed by atoms with Gasteiger partial charge in [0.15, 0.2) is 11.6 Å². The largest absolute Gasteiger partial charge is 0.298 e. The van der Waals surface area contributed by atoms with E-state index >= 15 is 0 Å². The normalized spacial score (nSPS) is 12.4. The standard InChI is InChI=1S/C48H48N2O2/c51-47(45(33-39-19-7-1-8-20-39)49(35-41-23-11-3-12-24-41)36-42-25-13-4-14-26-42)31-32-48(52)46(34-40-21-9-2-10-22-40)50(37-43-27-15-5-16-28-43)38-44-29-17-6-18-30-44/h1-30,45-46H,31-38H2/t45-,46-/m0/s1. The maximum absolute atomic E-state index is 14.6. The van der Waals surface area contributed by atoms with Crippen molar-refractivity contribution < 1.29 is 9.59 Å². The van der Waals surface area contributed by atoms with Crippen LogP contribution in [-0.2, 0) is 48.6 Å². The molecule has 4 nitrogen and oxygen atoms in total. The Hall–Kier alpha value is -5.42. The minimum Gasteiger partial charge on any atom is -0.298 e. The van der Waals surface area contributed by atoms with Crippen LogP contribution < -0.4 is 0 Å². The Labute approximate surface area is 309 Å². The topological polar surface area (TPSA) is 40.6 Å². The molecule has 0 saturated carbocycles. The van der Waals surface area contributed by atoms with Crippen LogP contribution in [0.2, 0.25) is 0 Å². The van der Waals surface area contributed by atoms with Gasteiger partial charge in [-0.25, -0.2) is 0 Å². The molecule has 0 fully saturated rings. The van der Waals surface area contributed by atoms with Crippen LogP contribution in [0.15, 0.2) is 182 Å². The van der Waals surface area contributed by atoms with Gasteiger partial charge in [0, 0.05) is 39.0 Å². The molecule has 2 atom stereocenters. The Balaban J connectivity index is 1.28. The molecule has 0 aliphatic heterocycles. The van der Waals surface area contributed by atoms with Crippen molar-refractivity contribution in [2.24, 2.45) is 0 Å². The third kappa shape index (κ3) is 11.0. The Morgan fingerprint density at radius 1 is 0.327 bits per heavy atom. The van der Waals surface area contributed by atoms with Crippen molar-refractivity contribution in [3.8, 4) is 0 Å². The quantitative estimate of drug-likeness (QED) is 0.0853. The van der Waals surface area contributed by atoms with Crippen LogP contribution in [0.4, 0.5) is 0 Å². The minimum absolute atomic E-state index is 0.0974. The number of carbonyl (C=O) groups is 2. The van der Waals surface area contributed by atoms with Gasteiger partial charge in [-0.15, -0.1) is 0 Å². The monoisotopic (exact) mass is 684 g/mol. The first-order chi connectivity index (χ1) is 25.6. The molecule has 0 radical (unpaired) electrons. The molecule has 4 heteroatoms. The van der Waals surface area contributed by atoms with Gasteiger partial charge >= 0.3 is 0 Å². The van der Waals surface area contributed by atoms with Crippen molar-refractivity contribution in [1.82, 2.24) is 9.80 Å². The third-order valence-electron chi connectivity index (χ3n) is 9.70. The Kier molecular flexibility index (Phi) is 13.5. The molecular weight excluding hydrogens is 637 g/mol. The summed E-state index contributed by atoms with van der Waals surface area (Å²) in [5.41, 5.74) is 6.83. The van der Waals surface area contributed by atoms with Gasteiger partial charge < -0.3 is 0 Å². The Bertz CT molecular complexity index is 1690. The number of Topliss-reactive ketones (excluding diaryl/α,β-unsaturated/α-hetero) is 2. The summed E-state index contributed by atoms with van der Waals surface area (Å²) >= 11 is 0. The predicted octanol–water partition coefficient (Wildman–Crippen LogP) is 9.53. The smallest absolute Gasteiger partial charge is 0.150 e. The lowest BCUT2D eigenvalue weighted by atomic mass is 9.93. The lowest BCUT2D eigenvalue weighted by Gasteiger charge is -2.33. The van der Waals surface area contributed by atoms with E-state index in [1.165, 1.54) is 0 Å². The van der Waals surface area contributed by atoms with Crippen molar-refractivity contribution in [2.45, 2.75) is 63.9 Å². The lowest BCUT2D eigenvalue weighted by molar-refractivity contribution is -0.130. The van der Waals surface area contributed by atoms with Crippen LogP contribution in [0.25, 0.3) is 0 Å². The molecule has 0 aromatic heterocycles. The molecule has 0 aliphatic rings. The van der Waals surface area contributed by atoms with Gasteiger partial charge in [-0.3, -0.25) is 19.4 Å². The van der Waals surface area contributed by atoms with E-state index in [2.05, 4.69) is 82.6 Å². The number of rotatable bonds is 19. The molecule has 0 spiro atoms. The van der Waals surface area contributed by atoms with Gasteiger partial charge in [0.2, 0.25) is 0 Å². The number of nitrogens with zero attached hydrogens (tertiary/aromatic N) is 2. The summed E-state index contributed by atoms with van der Waals surface area (Å²) in [6.07, 6.45) is 1.53. The van der Waals surface area contributed by atoms with Crippen LogP contribution in [0.1, 0.15) is 46.2 Å². The van der Waals surface area contributed by atoms with Gasteiger partial charge in [0.25, 0.3) is 0 Å². The molecule has 6 aromatic carbocycles. The number of carbonyl (C=O) groups excluding carboxylic acids is 2. The molecule has 262 valence electrons. The highest BCUT2D eigenvalue weighted by Gasteiger charge is 2.30. The van der Waals surface area contributed by atoms with E-state index in [0.29, 0.717) is 39.0 Å². The van der Waals surface area contributed by atoms with Crippen LogP contribution in [0.3, 0.4) is 0 Å². The van der Waals surface area contributed by atoms with Crippen LogP contribution in [0, 0.1) is 0 Å². The molecule has 0 saturated heterocycles. The summed E-state index contributed by atoms with van der Waals surface area (Å²) in [7, 11) is 0. The molecule has 0 amide bonds. The van der Waals surface area contributed by atoms with Gasteiger partial charge in [0.1, 0.15) is 0 Å². The van der Waals surface area contributed by atoms with Crippen molar-refractivity contribution >= 4 is 11.6 Å². The number of hydrogen-bond donors (Lipinski definition) is 0. The van der Waals surface area contributed by atoms with E-state index in [-0.39, 0.29) is 24.4 Å². The first kappa shape index (κ1) is 36.4. The van der Waals surface area contributed by atoms with Crippen molar-refractivity contribution in [3.05, 3.63) is 215 Å². The van der Waals surface area contributed by atoms with E-state index in [1.54, 1.807) is 0 Å². The zero-order valence-electron chi connectivity index (χ0n) is 29.8. The van der Waals surface area contributed by atoms with Crippen LogP contribution in [0.5, 0.6) is 0 Å². The van der Waals surface area contributed by atoms with Gasteiger partial charge in [-0.1, -0.05) is 182 Å². The first-order valence-corrected chi connectivity index (χ1v) is 18.4. The third-order valence-corrected chi connectivity index (χ3v) is 9.70. The SMILES string of the molecule is O=C(CCC(=O)[C@H](Cc1ccccc1)N(Cc1ccccc1)Cc1ccccc1)[C@H](Cc1ccccc1)N(Cc1ccccc1)Cc1ccccc1. The Morgan fingerprint density at radius 2 is 0.538 bits per heavy atom. The summed E-state index contributed by atoms with van der Waals surface area (Å²) < 4.78 is 0. The molecule has 52 heavy (non-hydrogen) atoms. The average Bonchev–Trinajstić information content (AvgIpc) is 3.20. The summed E-state index contributed by atoms with van der Waals surface area (Å²) in [5.74, 6) is 0.195. The average molecular weight is 685 g/mol. The van der Waals surface area contributed by atoms with E-state index in [4.69, 9.17) is 0 Å². The van der Waals surface area contributed by atoms with E-state index < -0.39 is 12.1 Å². The van der Waals surface area contributed by atoms with E-state index in [0.717, 1.165) is 33.4 Å². The summed E-state index contributed by atoms with van der Waals surface area (Å²) in [5, 5.41) is 0. The van der Waals surface area contributed by atoms with Gasteiger partial charge in [0.05, 0.1) is 12.1 Å². The molecule has 0 bridgehead atoms. The molecule has 0 aliphatic carbocycles. The van der Waals surface area contributed by atoms with Gasteiger partial charge in [-0.05, 0) is 46.2 Å². The van der Waals surface area contributed by atoms with Crippen molar-refractivity contribution in [2.75, 3.05) is 0 Å². The van der Waals surface area contributed by atoms with Gasteiger partial charge in [-0.2, -0.15) is 0 Å². The molecule has 6 aromatic rings. The summed E-state index contributed by atoms with van der Waals surface area (Å²) in [6.45, 7) is 2.52. The summed E-state index contributed by atoms with van der Waals surface area (Å²) in [6, 6.07) is 61.1. The molecule has 6 rings (SSSR count). The molecule has 0 N–H and O–H groups in total. The number of ketones is 2. The molecular formula is C48H48N2O2. The zero-order valence-corrected chi connectivity index (χ0v) is 29.8. The predicted molar refractivity (Wildman–Crippen MR) is 211 cm³/mol. The van der Waals surface area contributed by atoms with Crippen LogP contribution >= 0.6 is 0 Å². The fraction of sp³-hybridized carbons (Fsp3) is 0.208. The fourth-order valence-corrected chi connectivity index (χ4v) is 6.97. The summed E-state index contributed by atoms with van der Waals surface area (Å²) in [4.78, 5) is 33.8. The lowest BCUT2D eigenvalue weighted by Crippen LogP contribution is -2.44. The van der Waals surface area contributed by atoms with Crippen molar-refractivity contribution in [1.29, 1.82) is 0 Å². The second-order valence-electron chi connectivity index (χ2n) is 13.6. The molecule has 0 unspecified atom stereocenters. The first-order valence-electron chi connectivity index (χ1n) is 18.4. The number of hydrogen-bond acceptors (Lipinski definition) is 4. The Morgan fingerprint density at radius 3 is 0.769 bits per heavy atom. The van der Waals surface area contributed by atoms with Crippen LogP contribution in [-0.4, -0.2) is 33.4 Å². The van der Waals surface area contributed by atoms with E-state index in [9.17, 15) is 9.59 Å². The number of benzene rings is 6. The highest BCUT2D eigenvalue weighted by Crippen LogP contribution is 2.23. The minimum atomic E-state index is -0.395. The van der Waals surface area contributed by atoms with Crippen molar-refractivity contribution in [3.63, 3.8) is 0 Å². The maximum Gasteiger partial charge on any atom is 0.150 e. The second-order valence-corrected chi connectivity index (χ2v) is 13.6.